The predicted molar refractivity (Wildman–Crippen MR) is 79.9 cm³/mol. The topological polar surface area (TPSA) is 73.9 Å². The number of nitrogens with two attached hydrogens (primary N) is 1. The van der Waals surface area contributed by atoms with E-state index in [-0.39, 0.29) is 5.75 Å². The zero-order valence-electron chi connectivity index (χ0n) is 12.1. The zero-order valence-corrected chi connectivity index (χ0v) is 12.1. The van der Waals surface area contributed by atoms with Gasteiger partial charge in [0.2, 0.25) is 5.75 Å². The lowest BCUT2D eigenvalue weighted by Gasteiger charge is -2.16. The van der Waals surface area contributed by atoms with Crippen molar-refractivity contribution in [3.63, 3.8) is 0 Å². The van der Waals surface area contributed by atoms with Gasteiger partial charge in [0, 0.05) is 6.54 Å². The zero-order chi connectivity index (χ0) is 15.2. The number of benzene rings is 2. The van der Waals surface area contributed by atoms with Gasteiger partial charge >= 0.3 is 0 Å². The molecule has 5 nitrogen and oxygen atoms in total. The first-order chi connectivity index (χ1) is 10.2. The normalized spacial score (nSPS) is 10.2. The van der Waals surface area contributed by atoms with Gasteiger partial charge in [-0.05, 0) is 35.4 Å². The van der Waals surface area contributed by atoms with Crippen LogP contribution in [-0.2, 0) is 13.2 Å². The highest BCUT2D eigenvalue weighted by Gasteiger charge is 2.14. The number of aromatic hydroxyl groups is 1. The van der Waals surface area contributed by atoms with Gasteiger partial charge in [0.25, 0.3) is 0 Å². The highest BCUT2D eigenvalue weighted by molar-refractivity contribution is 5.54. The van der Waals surface area contributed by atoms with Crippen molar-refractivity contribution in [3.8, 4) is 23.0 Å². The number of phenolic OH excluding ortho intramolecular Hbond substituents is 1. The second kappa shape index (κ2) is 6.85. The van der Waals surface area contributed by atoms with E-state index in [1.54, 1.807) is 38.5 Å². The van der Waals surface area contributed by atoms with E-state index < -0.39 is 0 Å². The van der Waals surface area contributed by atoms with Gasteiger partial charge in [-0.15, -0.1) is 0 Å². The third kappa shape index (κ3) is 3.58. The maximum atomic E-state index is 9.27. The van der Waals surface area contributed by atoms with Crippen LogP contribution in [0.2, 0.25) is 0 Å². The van der Waals surface area contributed by atoms with Crippen molar-refractivity contribution < 1.29 is 19.3 Å². The standard InChI is InChI=1S/C16H19NO4/c1-19-14-7-12(9-17)8-15(20-2)16(14)21-10-11-3-5-13(18)6-4-11/h3-8,18H,9-10,17H2,1-2H3. The number of methoxy groups -OCH3 is 2. The number of phenols is 1. The summed E-state index contributed by atoms with van der Waals surface area (Å²) in [6.45, 7) is 0.736. The molecule has 112 valence electrons. The molecule has 0 aliphatic rings. The molecule has 0 fully saturated rings. The van der Waals surface area contributed by atoms with Crippen LogP contribution in [0.15, 0.2) is 36.4 Å². The number of hydrogen-bond donors (Lipinski definition) is 2. The Bertz CT molecular complexity index is 571. The third-order valence-corrected chi connectivity index (χ3v) is 3.08. The van der Waals surface area contributed by atoms with E-state index in [1.165, 1.54) is 0 Å². The third-order valence-electron chi connectivity index (χ3n) is 3.08. The van der Waals surface area contributed by atoms with E-state index in [2.05, 4.69) is 0 Å². The van der Waals surface area contributed by atoms with Crippen LogP contribution in [0.3, 0.4) is 0 Å². The highest BCUT2D eigenvalue weighted by atomic mass is 16.5. The van der Waals surface area contributed by atoms with E-state index in [4.69, 9.17) is 19.9 Å². The van der Waals surface area contributed by atoms with Crippen LogP contribution in [0, 0.1) is 0 Å². The van der Waals surface area contributed by atoms with Crippen molar-refractivity contribution in [2.45, 2.75) is 13.2 Å². The molecule has 0 amide bonds. The molecule has 2 aromatic carbocycles. The second-order valence-electron chi connectivity index (χ2n) is 4.49. The SMILES string of the molecule is COc1cc(CN)cc(OC)c1OCc1ccc(O)cc1. The summed E-state index contributed by atoms with van der Waals surface area (Å²) in [5.41, 5.74) is 7.48. The van der Waals surface area contributed by atoms with Crippen LogP contribution in [0.1, 0.15) is 11.1 Å². The monoisotopic (exact) mass is 289 g/mol. The molecular formula is C16H19NO4. The highest BCUT2D eigenvalue weighted by Crippen LogP contribution is 2.39. The Morgan fingerprint density at radius 2 is 1.52 bits per heavy atom. The Morgan fingerprint density at radius 1 is 0.952 bits per heavy atom. The van der Waals surface area contributed by atoms with Crippen LogP contribution < -0.4 is 19.9 Å². The summed E-state index contributed by atoms with van der Waals surface area (Å²) < 4.78 is 16.5. The molecule has 0 saturated carbocycles. The van der Waals surface area contributed by atoms with Crippen LogP contribution >= 0.6 is 0 Å². The van der Waals surface area contributed by atoms with Gasteiger partial charge in [-0.3, -0.25) is 0 Å². The molecule has 2 rings (SSSR count). The summed E-state index contributed by atoms with van der Waals surface area (Å²) >= 11 is 0. The molecule has 0 aliphatic carbocycles. The minimum absolute atomic E-state index is 0.223. The Labute approximate surface area is 123 Å². The quantitative estimate of drug-likeness (QED) is 0.854. The summed E-state index contributed by atoms with van der Waals surface area (Å²) in [4.78, 5) is 0. The predicted octanol–water partition coefficient (Wildman–Crippen LogP) is 2.45. The first-order valence-electron chi connectivity index (χ1n) is 6.53. The summed E-state index contributed by atoms with van der Waals surface area (Å²) in [7, 11) is 3.14. The van der Waals surface area contributed by atoms with Crippen LogP contribution in [0.25, 0.3) is 0 Å². The minimum Gasteiger partial charge on any atom is -0.508 e. The average Bonchev–Trinajstić information content (AvgIpc) is 2.53. The van der Waals surface area contributed by atoms with E-state index in [0.29, 0.717) is 30.4 Å². The molecule has 0 bridgehead atoms. The molecule has 0 aromatic heterocycles. The molecule has 0 aliphatic heterocycles. The van der Waals surface area contributed by atoms with Crippen molar-refractivity contribution in [1.29, 1.82) is 0 Å². The van der Waals surface area contributed by atoms with Crippen LogP contribution in [0.5, 0.6) is 23.0 Å². The van der Waals surface area contributed by atoms with E-state index in [0.717, 1.165) is 11.1 Å². The second-order valence-corrected chi connectivity index (χ2v) is 4.49. The fourth-order valence-corrected chi connectivity index (χ4v) is 1.94. The Hall–Kier alpha value is -2.40. The molecule has 0 atom stereocenters. The maximum Gasteiger partial charge on any atom is 0.203 e. The first kappa shape index (κ1) is 15.0. The van der Waals surface area contributed by atoms with Gasteiger partial charge in [0.1, 0.15) is 12.4 Å². The summed E-state index contributed by atoms with van der Waals surface area (Å²) in [5, 5.41) is 9.27. The van der Waals surface area contributed by atoms with Crippen molar-refractivity contribution in [3.05, 3.63) is 47.5 Å². The largest absolute Gasteiger partial charge is 0.508 e. The van der Waals surface area contributed by atoms with Crippen molar-refractivity contribution in [1.82, 2.24) is 0 Å². The summed E-state index contributed by atoms with van der Waals surface area (Å²) in [6, 6.07) is 10.5. The van der Waals surface area contributed by atoms with Gasteiger partial charge in [-0.1, -0.05) is 12.1 Å². The number of rotatable bonds is 6. The summed E-state index contributed by atoms with van der Waals surface area (Å²) in [5.74, 6) is 1.91. The molecule has 2 aromatic rings. The fraction of sp³-hybridized carbons (Fsp3) is 0.250. The van der Waals surface area contributed by atoms with Crippen molar-refractivity contribution in [2.75, 3.05) is 14.2 Å². The van der Waals surface area contributed by atoms with E-state index >= 15 is 0 Å². The Kier molecular flexibility index (Phi) is 4.90. The summed E-state index contributed by atoms with van der Waals surface area (Å²) in [6.07, 6.45) is 0. The van der Waals surface area contributed by atoms with Crippen molar-refractivity contribution in [2.24, 2.45) is 5.73 Å². The number of ether oxygens (including phenoxy) is 3. The van der Waals surface area contributed by atoms with E-state index in [1.807, 2.05) is 12.1 Å². The van der Waals surface area contributed by atoms with Gasteiger partial charge in [0.05, 0.1) is 14.2 Å². The molecule has 3 N–H and O–H groups in total. The lowest BCUT2D eigenvalue weighted by molar-refractivity contribution is 0.265. The Morgan fingerprint density at radius 3 is 2.00 bits per heavy atom. The molecule has 0 spiro atoms. The molecule has 0 unspecified atom stereocenters. The van der Waals surface area contributed by atoms with Gasteiger partial charge in [-0.2, -0.15) is 0 Å². The van der Waals surface area contributed by atoms with Crippen LogP contribution in [-0.4, -0.2) is 19.3 Å². The van der Waals surface area contributed by atoms with Gasteiger partial charge < -0.3 is 25.1 Å². The minimum atomic E-state index is 0.223. The molecular weight excluding hydrogens is 270 g/mol. The first-order valence-corrected chi connectivity index (χ1v) is 6.53. The maximum absolute atomic E-state index is 9.27. The molecule has 0 saturated heterocycles. The molecule has 21 heavy (non-hydrogen) atoms. The number of hydrogen-bond acceptors (Lipinski definition) is 5. The molecule has 0 heterocycles. The van der Waals surface area contributed by atoms with Gasteiger partial charge in [0.15, 0.2) is 11.5 Å². The average molecular weight is 289 g/mol. The Balaban J connectivity index is 2.23. The van der Waals surface area contributed by atoms with Crippen LogP contribution in [0.4, 0.5) is 0 Å². The fourth-order valence-electron chi connectivity index (χ4n) is 1.94. The lowest BCUT2D eigenvalue weighted by atomic mass is 10.2. The smallest absolute Gasteiger partial charge is 0.203 e. The van der Waals surface area contributed by atoms with E-state index in [9.17, 15) is 5.11 Å². The molecule has 5 heteroatoms. The van der Waals surface area contributed by atoms with Crippen molar-refractivity contribution >= 4 is 0 Å². The molecule has 0 radical (unpaired) electrons. The van der Waals surface area contributed by atoms with Gasteiger partial charge in [-0.25, -0.2) is 0 Å². The lowest BCUT2D eigenvalue weighted by Crippen LogP contribution is -2.03.